The van der Waals surface area contributed by atoms with E-state index in [1.807, 2.05) is 0 Å². The van der Waals surface area contributed by atoms with Gasteiger partial charge < -0.3 is 19.8 Å². The van der Waals surface area contributed by atoms with Gasteiger partial charge in [-0.25, -0.2) is 4.39 Å². The number of hydrogen-bond donors (Lipinski definition) is 2. The van der Waals surface area contributed by atoms with Crippen LogP contribution in [0.5, 0.6) is 5.75 Å². The summed E-state index contributed by atoms with van der Waals surface area (Å²) < 4.78 is 23.4. The number of amides is 2. The lowest BCUT2D eigenvalue weighted by Gasteiger charge is -2.08. The first kappa shape index (κ1) is 16.5. The smallest absolute Gasteiger partial charge is 0.287 e. The molecule has 122 valence electrons. The Hall–Kier alpha value is -2.83. The number of carbonyl (C=O) groups excluding carboxylic acids is 2. The largest absolute Gasteiger partial charge is 0.490 e. The predicted octanol–water partition coefficient (Wildman–Crippen LogP) is 1.73. The van der Waals surface area contributed by atoms with Gasteiger partial charge in [-0.15, -0.1) is 0 Å². The van der Waals surface area contributed by atoms with Crippen LogP contribution in [0.25, 0.3) is 0 Å². The Kier molecular flexibility index (Phi) is 6.17. The first-order valence-electron chi connectivity index (χ1n) is 7.12. The summed E-state index contributed by atoms with van der Waals surface area (Å²) in [6, 6.07) is 9.22. The van der Waals surface area contributed by atoms with Gasteiger partial charge in [0.05, 0.1) is 19.4 Å². The molecule has 6 nitrogen and oxygen atoms in total. The second-order valence-electron chi connectivity index (χ2n) is 4.64. The SMILES string of the molecule is O=C(CNC(=O)c1ccco1)NCCCOc1ccccc1F. The number of benzene rings is 1. The van der Waals surface area contributed by atoms with Crippen LogP contribution in [0.1, 0.15) is 17.0 Å². The Balaban J connectivity index is 1.56. The van der Waals surface area contributed by atoms with Crippen molar-refractivity contribution in [2.45, 2.75) is 6.42 Å². The zero-order valence-corrected chi connectivity index (χ0v) is 12.4. The van der Waals surface area contributed by atoms with Gasteiger partial charge in [-0.2, -0.15) is 0 Å². The monoisotopic (exact) mass is 320 g/mol. The van der Waals surface area contributed by atoms with Crippen LogP contribution < -0.4 is 15.4 Å². The van der Waals surface area contributed by atoms with Crippen LogP contribution in [0, 0.1) is 5.82 Å². The van der Waals surface area contributed by atoms with E-state index in [4.69, 9.17) is 9.15 Å². The maximum absolute atomic E-state index is 13.3. The number of rotatable bonds is 8. The quantitative estimate of drug-likeness (QED) is 0.726. The summed E-state index contributed by atoms with van der Waals surface area (Å²) in [6.07, 6.45) is 1.90. The number of furan rings is 1. The van der Waals surface area contributed by atoms with Gasteiger partial charge in [0.25, 0.3) is 5.91 Å². The fourth-order valence-electron chi connectivity index (χ4n) is 1.76. The van der Waals surface area contributed by atoms with Crippen molar-refractivity contribution >= 4 is 11.8 Å². The van der Waals surface area contributed by atoms with E-state index < -0.39 is 11.7 Å². The topological polar surface area (TPSA) is 80.6 Å². The minimum atomic E-state index is -0.451. The number of nitrogens with one attached hydrogen (secondary N) is 2. The molecule has 2 aromatic rings. The van der Waals surface area contributed by atoms with Crippen molar-refractivity contribution in [3.63, 3.8) is 0 Å². The minimum absolute atomic E-state index is 0.145. The number of halogens is 1. The van der Waals surface area contributed by atoms with Crippen LogP contribution in [0.15, 0.2) is 47.1 Å². The van der Waals surface area contributed by atoms with Crippen LogP contribution in [0.4, 0.5) is 4.39 Å². The molecule has 0 aliphatic carbocycles. The highest BCUT2D eigenvalue weighted by Gasteiger charge is 2.09. The van der Waals surface area contributed by atoms with Gasteiger partial charge in [0, 0.05) is 6.54 Å². The van der Waals surface area contributed by atoms with Gasteiger partial charge in [-0.3, -0.25) is 9.59 Å². The van der Waals surface area contributed by atoms with E-state index in [0.29, 0.717) is 13.0 Å². The zero-order valence-electron chi connectivity index (χ0n) is 12.4. The molecule has 0 unspecified atom stereocenters. The van der Waals surface area contributed by atoms with E-state index in [-0.39, 0.29) is 30.6 Å². The van der Waals surface area contributed by atoms with Crippen molar-refractivity contribution in [3.8, 4) is 5.75 Å². The fourth-order valence-corrected chi connectivity index (χ4v) is 1.76. The average Bonchev–Trinajstić information content (AvgIpc) is 3.08. The summed E-state index contributed by atoms with van der Waals surface area (Å²) in [5, 5.41) is 5.06. The molecule has 0 saturated heterocycles. The molecule has 0 saturated carbocycles. The Bertz CT molecular complexity index is 643. The lowest BCUT2D eigenvalue weighted by Crippen LogP contribution is -2.37. The summed E-state index contributed by atoms with van der Waals surface area (Å²) in [5.74, 6) is -0.860. The molecule has 0 radical (unpaired) electrons. The molecule has 7 heteroatoms. The van der Waals surface area contributed by atoms with Crippen LogP contribution in [-0.4, -0.2) is 31.5 Å². The molecule has 1 heterocycles. The van der Waals surface area contributed by atoms with E-state index in [2.05, 4.69) is 10.6 Å². The van der Waals surface area contributed by atoms with Gasteiger partial charge in [0.15, 0.2) is 17.3 Å². The van der Waals surface area contributed by atoms with Crippen molar-refractivity contribution in [2.75, 3.05) is 19.7 Å². The highest BCUT2D eigenvalue weighted by Crippen LogP contribution is 2.15. The van der Waals surface area contributed by atoms with E-state index in [1.54, 1.807) is 18.2 Å². The van der Waals surface area contributed by atoms with Crippen molar-refractivity contribution in [1.29, 1.82) is 0 Å². The van der Waals surface area contributed by atoms with Gasteiger partial charge in [-0.1, -0.05) is 12.1 Å². The van der Waals surface area contributed by atoms with E-state index in [0.717, 1.165) is 0 Å². The maximum atomic E-state index is 13.3. The lowest BCUT2D eigenvalue weighted by atomic mass is 10.3. The third kappa shape index (κ3) is 5.46. The molecule has 23 heavy (non-hydrogen) atoms. The number of hydrogen-bond acceptors (Lipinski definition) is 4. The Labute approximate surface area is 132 Å². The standard InChI is InChI=1S/C16H17FN2O4/c17-12-5-1-2-6-13(12)22-10-4-8-18-15(20)11-19-16(21)14-7-3-9-23-14/h1-3,5-7,9H,4,8,10-11H2,(H,18,20)(H,19,21). The molecular weight excluding hydrogens is 303 g/mol. The van der Waals surface area contributed by atoms with Gasteiger partial charge in [0.1, 0.15) is 0 Å². The summed E-state index contributed by atoms with van der Waals surface area (Å²) in [7, 11) is 0. The molecule has 2 rings (SSSR count). The number of para-hydroxylation sites is 1. The average molecular weight is 320 g/mol. The third-order valence-corrected chi connectivity index (χ3v) is 2.89. The highest BCUT2D eigenvalue weighted by atomic mass is 19.1. The molecule has 0 spiro atoms. The highest BCUT2D eigenvalue weighted by molar-refractivity contribution is 5.94. The van der Waals surface area contributed by atoms with E-state index >= 15 is 0 Å². The molecule has 0 aliphatic heterocycles. The van der Waals surface area contributed by atoms with Gasteiger partial charge >= 0.3 is 0 Å². The summed E-state index contributed by atoms with van der Waals surface area (Å²) in [4.78, 5) is 23.1. The molecule has 1 aromatic heterocycles. The van der Waals surface area contributed by atoms with Crippen molar-refractivity contribution in [1.82, 2.24) is 10.6 Å². The summed E-state index contributed by atoms with van der Waals surface area (Å²) in [6.45, 7) is 0.498. The fraction of sp³-hybridized carbons (Fsp3) is 0.250. The summed E-state index contributed by atoms with van der Waals surface area (Å²) in [5.41, 5.74) is 0. The molecule has 1 aromatic carbocycles. The second kappa shape index (κ2) is 8.57. The second-order valence-corrected chi connectivity index (χ2v) is 4.64. The normalized spacial score (nSPS) is 10.1. The number of carbonyl (C=O) groups is 2. The van der Waals surface area contributed by atoms with Crippen molar-refractivity contribution in [3.05, 3.63) is 54.2 Å². The molecular formula is C16H17FN2O4. The summed E-state index contributed by atoms with van der Waals surface area (Å²) >= 11 is 0. The van der Waals surface area contributed by atoms with Crippen LogP contribution in [0.3, 0.4) is 0 Å². The minimum Gasteiger partial charge on any atom is -0.490 e. The van der Waals surface area contributed by atoms with Crippen LogP contribution in [-0.2, 0) is 4.79 Å². The molecule has 0 aliphatic rings. The molecule has 0 fully saturated rings. The first-order chi connectivity index (χ1) is 11.2. The van der Waals surface area contributed by atoms with Crippen LogP contribution >= 0.6 is 0 Å². The van der Waals surface area contributed by atoms with E-state index in [9.17, 15) is 14.0 Å². The first-order valence-corrected chi connectivity index (χ1v) is 7.12. The van der Waals surface area contributed by atoms with Gasteiger partial charge in [-0.05, 0) is 30.7 Å². The maximum Gasteiger partial charge on any atom is 0.287 e. The van der Waals surface area contributed by atoms with Crippen molar-refractivity contribution < 1.29 is 23.1 Å². The Morgan fingerprint density at radius 2 is 1.96 bits per heavy atom. The predicted molar refractivity (Wildman–Crippen MR) is 80.6 cm³/mol. The number of ether oxygens (including phenoxy) is 1. The molecule has 0 bridgehead atoms. The van der Waals surface area contributed by atoms with Gasteiger partial charge in [0.2, 0.25) is 5.91 Å². The van der Waals surface area contributed by atoms with E-state index in [1.165, 1.54) is 24.5 Å². The molecule has 2 N–H and O–H groups in total. The Morgan fingerprint density at radius 1 is 1.13 bits per heavy atom. The van der Waals surface area contributed by atoms with Crippen LogP contribution in [0.2, 0.25) is 0 Å². The zero-order chi connectivity index (χ0) is 16.5. The Morgan fingerprint density at radius 3 is 2.70 bits per heavy atom. The van der Waals surface area contributed by atoms with Crippen molar-refractivity contribution in [2.24, 2.45) is 0 Å². The lowest BCUT2D eigenvalue weighted by molar-refractivity contribution is -0.120. The molecule has 0 atom stereocenters. The molecule has 2 amide bonds. The third-order valence-electron chi connectivity index (χ3n) is 2.89.